The van der Waals surface area contributed by atoms with Crippen molar-refractivity contribution >= 4 is 11.7 Å². The number of aryl methyl sites for hydroxylation is 1. The maximum Gasteiger partial charge on any atom is 0.317 e. The number of rotatable bonds is 4. The maximum absolute atomic E-state index is 12.3. The quantitative estimate of drug-likeness (QED) is 0.737. The molecule has 1 saturated heterocycles. The molecule has 3 aromatic rings. The average Bonchev–Trinajstić information content (AvgIpc) is 3.25. The highest BCUT2D eigenvalue weighted by Crippen LogP contribution is 2.10. The van der Waals surface area contributed by atoms with Gasteiger partial charge in [0, 0.05) is 52.2 Å². The highest BCUT2D eigenvalue weighted by molar-refractivity contribution is 5.74. The van der Waals surface area contributed by atoms with Crippen LogP contribution in [0.5, 0.6) is 0 Å². The zero-order valence-corrected chi connectivity index (χ0v) is 14.7. The topological polar surface area (TPSA) is 83.6 Å². The van der Waals surface area contributed by atoms with E-state index in [-0.39, 0.29) is 6.03 Å². The minimum atomic E-state index is -0.0650. The van der Waals surface area contributed by atoms with Gasteiger partial charge in [-0.05, 0) is 12.1 Å². The molecule has 3 aromatic heterocycles. The summed E-state index contributed by atoms with van der Waals surface area (Å²) in [5.74, 6) is 0.617. The van der Waals surface area contributed by atoms with E-state index in [0.717, 1.165) is 31.0 Å². The Balaban J connectivity index is 1.26. The van der Waals surface area contributed by atoms with Gasteiger partial charge in [-0.3, -0.25) is 9.58 Å². The molecule has 0 spiro atoms. The molecule has 0 atom stereocenters. The van der Waals surface area contributed by atoms with Gasteiger partial charge in [-0.15, -0.1) is 0 Å². The van der Waals surface area contributed by atoms with Crippen molar-refractivity contribution < 1.29 is 4.79 Å². The number of nitrogens with one attached hydrogen (secondary N) is 1. The van der Waals surface area contributed by atoms with E-state index in [1.165, 1.54) is 0 Å². The summed E-state index contributed by atoms with van der Waals surface area (Å²) in [6.45, 7) is 4.23. The number of carbonyl (C=O) groups is 1. The third-order valence-electron chi connectivity index (χ3n) is 4.50. The third-order valence-corrected chi connectivity index (χ3v) is 4.50. The van der Waals surface area contributed by atoms with Crippen molar-refractivity contribution in [2.24, 2.45) is 7.05 Å². The van der Waals surface area contributed by atoms with E-state index in [1.54, 1.807) is 18.1 Å². The second-order valence-corrected chi connectivity index (χ2v) is 6.45. The largest absolute Gasteiger partial charge is 0.331 e. The zero-order valence-electron chi connectivity index (χ0n) is 14.7. The Morgan fingerprint density at radius 1 is 1.23 bits per heavy atom. The van der Waals surface area contributed by atoms with Crippen LogP contribution in [0.1, 0.15) is 11.5 Å². The van der Waals surface area contributed by atoms with Gasteiger partial charge >= 0.3 is 6.03 Å². The standard InChI is InChI=1S/C17H22N8O/c1-22-13-19-15(21-22)10-18-17(26)24-8-6-23(7-9-24)11-14-12-25-5-3-2-4-16(25)20-14/h2-5,12-13H,6-11H2,1H3,(H,18,26). The predicted octanol–water partition coefficient (Wildman–Crippen LogP) is 0.490. The first-order chi connectivity index (χ1) is 12.7. The van der Waals surface area contributed by atoms with Crippen molar-refractivity contribution in [1.82, 2.24) is 39.3 Å². The molecule has 1 aliphatic heterocycles. The summed E-state index contributed by atoms with van der Waals surface area (Å²) in [6.07, 6.45) is 5.69. The van der Waals surface area contributed by atoms with Crippen LogP contribution in [-0.2, 0) is 20.1 Å². The van der Waals surface area contributed by atoms with Crippen LogP contribution in [0.15, 0.2) is 36.9 Å². The molecule has 0 radical (unpaired) electrons. The number of amides is 2. The Morgan fingerprint density at radius 3 is 2.81 bits per heavy atom. The van der Waals surface area contributed by atoms with Crippen molar-refractivity contribution in [2.45, 2.75) is 13.1 Å². The molecule has 0 saturated carbocycles. The molecule has 4 rings (SSSR count). The number of aromatic nitrogens is 5. The van der Waals surface area contributed by atoms with Gasteiger partial charge in [-0.2, -0.15) is 5.10 Å². The van der Waals surface area contributed by atoms with Crippen molar-refractivity contribution in [2.75, 3.05) is 26.2 Å². The van der Waals surface area contributed by atoms with E-state index in [4.69, 9.17) is 0 Å². The summed E-state index contributed by atoms with van der Waals surface area (Å²) in [7, 11) is 1.81. The molecule has 1 N–H and O–H groups in total. The number of fused-ring (bicyclic) bond motifs is 1. The monoisotopic (exact) mass is 354 g/mol. The molecule has 136 valence electrons. The van der Waals surface area contributed by atoms with Crippen molar-refractivity contribution in [1.29, 1.82) is 0 Å². The summed E-state index contributed by atoms with van der Waals surface area (Å²) in [6, 6.07) is 5.92. The van der Waals surface area contributed by atoms with Crippen LogP contribution in [0.3, 0.4) is 0 Å². The van der Waals surface area contributed by atoms with Crippen molar-refractivity contribution in [3.05, 3.63) is 48.4 Å². The van der Waals surface area contributed by atoms with Gasteiger partial charge in [0.1, 0.15) is 12.0 Å². The second-order valence-electron chi connectivity index (χ2n) is 6.45. The highest BCUT2D eigenvalue weighted by Gasteiger charge is 2.21. The molecule has 9 nitrogen and oxygen atoms in total. The van der Waals surface area contributed by atoms with Crippen molar-refractivity contribution in [3.8, 4) is 0 Å². The molecule has 0 aliphatic carbocycles. The molecular formula is C17H22N8O. The lowest BCUT2D eigenvalue weighted by Crippen LogP contribution is -2.51. The van der Waals surface area contributed by atoms with Crippen molar-refractivity contribution in [3.63, 3.8) is 0 Å². The Bertz CT molecular complexity index is 860. The van der Waals surface area contributed by atoms with Gasteiger partial charge in [0.15, 0.2) is 5.82 Å². The SMILES string of the molecule is Cn1cnc(CNC(=O)N2CCN(Cc3cn4ccccc4n3)CC2)n1. The maximum atomic E-state index is 12.3. The van der Waals surface area contributed by atoms with E-state index in [9.17, 15) is 4.79 Å². The minimum absolute atomic E-state index is 0.0650. The molecule has 0 bridgehead atoms. The van der Waals surface area contributed by atoms with E-state index >= 15 is 0 Å². The lowest BCUT2D eigenvalue weighted by Gasteiger charge is -2.34. The second kappa shape index (κ2) is 7.12. The van der Waals surface area contributed by atoms with Crippen LogP contribution in [0, 0.1) is 0 Å². The van der Waals surface area contributed by atoms with Gasteiger partial charge in [-0.1, -0.05) is 6.07 Å². The van der Waals surface area contributed by atoms with Crippen LogP contribution in [0.2, 0.25) is 0 Å². The summed E-state index contributed by atoms with van der Waals surface area (Å²) in [5, 5.41) is 7.04. The lowest BCUT2D eigenvalue weighted by atomic mass is 10.3. The third kappa shape index (κ3) is 3.67. The predicted molar refractivity (Wildman–Crippen MR) is 95.3 cm³/mol. The van der Waals surface area contributed by atoms with Crippen LogP contribution >= 0.6 is 0 Å². The summed E-state index contributed by atoms with van der Waals surface area (Å²) in [5.41, 5.74) is 2.01. The first-order valence-electron chi connectivity index (χ1n) is 8.69. The van der Waals surface area contributed by atoms with E-state index < -0.39 is 0 Å². The number of pyridine rings is 1. The molecule has 9 heteroatoms. The Kier molecular flexibility index (Phi) is 4.53. The van der Waals surface area contributed by atoms with E-state index in [0.29, 0.717) is 25.5 Å². The zero-order chi connectivity index (χ0) is 17.9. The molecule has 26 heavy (non-hydrogen) atoms. The van der Waals surface area contributed by atoms with Crippen LogP contribution in [0.25, 0.3) is 5.65 Å². The van der Waals surface area contributed by atoms with Gasteiger partial charge in [0.05, 0.1) is 12.2 Å². The summed E-state index contributed by atoms with van der Waals surface area (Å²) < 4.78 is 3.66. The highest BCUT2D eigenvalue weighted by atomic mass is 16.2. The van der Waals surface area contributed by atoms with Gasteiger partial charge in [0.25, 0.3) is 0 Å². The average molecular weight is 354 g/mol. The first kappa shape index (κ1) is 16.5. The fourth-order valence-corrected chi connectivity index (χ4v) is 3.13. The first-order valence-corrected chi connectivity index (χ1v) is 8.69. The molecule has 1 fully saturated rings. The normalized spacial score (nSPS) is 15.5. The summed E-state index contributed by atoms with van der Waals surface area (Å²) >= 11 is 0. The Morgan fingerprint density at radius 2 is 2.08 bits per heavy atom. The molecule has 0 aromatic carbocycles. The van der Waals surface area contributed by atoms with Crippen LogP contribution < -0.4 is 5.32 Å². The van der Waals surface area contributed by atoms with Crippen LogP contribution in [0.4, 0.5) is 4.79 Å². The van der Waals surface area contributed by atoms with Crippen LogP contribution in [-0.4, -0.2) is 66.2 Å². The number of urea groups is 1. The molecule has 0 unspecified atom stereocenters. The lowest BCUT2D eigenvalue weighted by molar-refractivity contribution is 0.134. The van der Waals surface area contributed by atoms with Gasteiger partial charge < -0.3 is 14.6 Å². The van der Waals surface area contributed by atoms with E-state index in [1.807, 2.05) is 33.7 Å². The molecule has 1 aliphatic rings. The number of hydrogen-bond acceptors (Lipinski definition) is 5. The molecule has 4 heterocycles. The fourth-order valence-electron chi connectivity index (χ4n) is 3.13. The number of imidazole rings is 1. The smallest absolute Gasteiger partial charge is 0.317 e. The number of nitrogens with zero attached hydrogens (tertiary/aromatic N) is 7. The fraction of sp³-hybridized carbons (Fsp3) is 0.412. The number of piperazine rings is 1. The molecule has 2 amide bonds. The molecular weight excluding hydrogens is 332 g/mol. The van der Waals surface area contributed by atoms with Gasteiger partial charge in [0.2, 0.25) is 0 Å². The van der Waals surface area contributed by atoms with Gasteiger partial charge in [-0.25, -0.2) is 14.8 Å². The summed E-state index contributed by atoms with van der Waals surface area (Å²) in [4.78, 5) is 25.2. The van der Waals surface area contributed by atoms with E-state index in [2.05, 4.69) is 31.5 Å². The number of carbonyl (C=O) groups excluding carboxylic acids is 1. The number of hydrogen-bond donors (Lipinski definition) is 1. The Hall–Kier alpha value is -2.94. The Labute approximate surface area is 151 Å². The minimum Gasteiger partial charge on any atom is -0.331 e.